The predicted molar refractivity (Wildman–Crippen MR) is 73.4 cm³/mol. The first-order valence-electron chi connectivity index (χ1n) is 7.10. The molecule has 0 bridgehead atoms. The maximum absolute atomic E-state index is 5.98. The molecular formula is C14H30N2O. The van der Waals surface area contributed by atoms with Gasteiger partial charge in [0, 0.05) is 19.1 Å². The number of nitrogens with one attached hydrogen (secondary N) is 1. The lowest BCUT2D eigenvalue weighted by atomic mass is 10.1. The Balaban J connectivity index is 2.18. The summed E-state index contributed by atoms with van der Waals surface area (Å²) in [5.74, 6) is 0. The molecule has 0 aromatic carbocycles. The van der Waals surface area contributed by atoms with Crippen molar-refractivity contribution < 1.29 is 4.74 Å². The van der Waals surface area contributed by atoms with E-state index in [-0.39, 0.29) is 5.60 Å². The Morgan fingerprint density at radius 2 is 2.00 bits per heavy atom. The molecule has 0 saturated carbocycles. The van der Waals surface area contributed by atoms with Crippen LogP contribution in [0.25, 0.3) is 0 Å². The maximum atomic E-state index is 5.98. The van der Waals surface area contributed by atoms with E-state index < -0.39 is 0 Å². The fraction of sp³-hybridized carbons (Fsp3) is 1.00. The van der Waals surface area contributed by atoms with Crippen molar-refractivity contribution in [1.29, 1.82) is 0 Å². The lowest BCUT2D eigenvalue weighted by molar-refractivity contribution is -0.0152. The third-order valence-corrected chi connectivity index (χ3v) is 3.67. The summed E-state index contributed by atoms with van der Waals surface area (Å²) in [6.07, 6.45) is 2.78. The summed E-state index contributed by atoms with van der Waals surface area (Å²) in [5.41, 5.74) is 0.0917. The van der Waals surface area contributed by atoms with Crippen LogP contribution in [-0.4, -0.2) is 48.8 Å². The second kappa shape index (κ2) is 6.72. The van der Waals surface area contributed by atoms with Gasteiger partial charge in [0.2, 0.25) is 0 Å². The molecule has 2 unspecified atom stereocenters. The molecule has 17 heavy (non-hydrogen) atoms. The van der Waals surface area contributed by atoms with Crippen LogP contribution in [0.2, 0.25) is 0 Å². The molecule has 1 saturated heterocycles. The smallest absolute Gasteiger partial charge is 0.0707 e. The fourth-order valence-electron chi connectivity index (χ4n) is 2.49. The molecule has 0 aliphatic carbocycles. The Morgan fingerprint density at radius 1 is 1.35 bits per heavy atom. The Bertz CT molecular complexity index is 214. The molecule has 1 N–H and O–H groups in total. The molecule has 2 atom stereocenters. The highest BCUT2D eigenvalue weighted by Gasteiger charge is 2.31. The molecule has 1 rings (SSSR count). The Morgan fingerprint density at radius 3 is 2.47 bits per heavy atom. The van der Waals surface area contributed by atoms with E-state index in [2.05, 4.69) is 44.8 Å². The van der Waals surface area contributed by atoms with E-state index >= 15 is 0 Å². The molecule has 0 radical (unpaired) electrons. The predicted octanol–water partition coefficient (Wildman–Crippen LogP) is 2.26. The van der Waals surface area contributed by atoms with Crippen molar-refractivity contribution in [1.82, 2.24) is 10.2 Å². The van der Waals surface area contributed by atoms with Crippen molar-refractivity contribution in [3.63, 3.8) is 0 Å². The highest BCUT2D eigenvalue weighted by atomic mass is 16.5. The van der Waals surface area contributed by atoms with Crippen LogP contribution in [-0.2, 0) is 4.74 Å². The molecule has 0 spiro atoms. The SMILES string of the molecule is CCN(CC)CC(C)NCC1CCC(C)(C)O1. The third kappa shape index (κ3) is 5.36. The zero-order chi connectivity index (χ0) is 12.9. The number of nitrogens with zero attached hydrogens (tertiary/aromatic N) is 1. The largest absolute Gasteiger partial charge is 0.371 e. The zero-order valence-corrected chi connectivity index (χ0v) is 12.3. The van der Waals surface area contributed by atoms with Gasteiger partial charge in [-0.1, -0.05) is 13.8 Å². The van der Waals surface area contributed by atoms with Gasteiger partial charge in [-0.2, -0.15) is 0 Å². The normalized spacial score (nSPS) is 25.4. The van der Waals surface area contributed by atoms with Gasteiger partial charge in [0.15, 0.2) is 0 Å². The topological polar surface area (TPSA) is 24.5 Å². The lowest BCUT2D eigenvalue weighted by Gasteiger charge is -2.25. The van der Waals surface area contributed by atoms with Gasteiger partial charge in [-0.05, 0) is 46.7 Å². The van der Waals surface area contributed by atoms with Gasteiger partial charge in [-0.3, -0.25) is 0 Å². The van der Waals surface area contributed by atoms with Crippen molar-refractivity contribution in [2.45, 2.75) is 65.2 Å². The molecule has 0 amide bonds. The highest BCUT2D eigenvalue weighted by molar-refractivity contribution is 4.82. The summed E-state index contributed by atoms with van der Waals surface area (Å²) < 4.78 is 5.98. The first-order chi connectivity index (χ1) is 7.96. The van der Waals surface area contributed by atoms with Gasteiger partial charge in [-0.25, -0.2) is 0 Å². The van der Waals surface area contributed by atoms with Crippen LogP contribution in [0.15, 0.2) is 0 Å². The van der Waals surface area contributed by atoms with Gasteiger partial charge < -0.3 is 15.0 Å². The third-order valence-electron chi connectivity index (χ3n) is 3.67. The summed E-state index contributed by atoms with van der Waals surface area (Å²) in [5, 5.41) is 3.59. The van der Waals surface area contributed by atoms with Crippen molar-refractivity contribution >= 4 is 0 Å². The molecule has 102 valence electrons. The quantitative estimate of drug-likeness (QED) is 0.741. The second-order valence-corrected chi connectivity index (χ2v) is 5.83. The maximum Gasteiger partial charge on any atom is 0.0707 e. The lowest BCUT2D eigenvalue weighted by Crippen LogP contribution is -2.42. The number of ether oxygens (including phenoxy) is 1. The van der Waals surface area contributed by atoms with E-state index in [4.69, 9.17) is 4.74 Å². The minimum Gasteiger partial charge on any atom is -0.371 e. The zero-order valence-electron chi connectivity index (χ0n) is 12.3. The van der Waals surface area contributed by atoms with Crippen molar-refractivity contribution in [2.75, 3.05) is 26.2 Å². The van der Waals surface area contributed by atoms with E-state index in [0.29, 0.717) is 12.1 Å². The summed E-state index contributed by atoms with van der Waals surface area (Å²) >= 11 is 0. The van der Waals surface area contributed by atoms with Crippen LogP contribution >= 0.6 is 0 Å². The Hall–Kier alpha value is -0.120. The molecule has 1 heterocycles. The second-order valence-electron chi connectivity index (χ2n) is 5.83. The molecule has 0 aromatic heterocycles. The molecule has 3 nitrogen and oxygen atoms in total. The van der Waals surface area contributed by atoms with Crippen LogP contribution < -0.4 is 5.32 Å². The molecule has 1 fully saturated rings. The number of hydrogen-bond acceptors (Lipinski definition) is 3. The first kappa shape index (κ1) is 14.9. The number of likely N-dealkylation sites (N-methyl/N-ethyl adjacent to an activating group) is 1. The molecule has 1 aliphatic rings. The minimum absolute atomic E-state index is 0.0917. The summed E-state index contributed by atoms with van der Waals surface area (Å²) in [4.78, 5) is 2.46. The van der Waals surface area contributed by atoms with Crippen molar-refractivity contribution in [2.24, 2.45) is 0 Å². The summed E-state index contributed by atoms with van der Waals surface area (Å²) in [6.45, 7) is 15.5. The number of rotatable bonds is 7. The summed E-state index contributed by atoms with van der Waals surface area (Å²) in [7, 11) is 0. The average Bonchev–Trinajstić information content (AvgIpc) is 2.63. The average molecular weight is 242 g/mol. The van der Waals surface area contributed by atoms with Gasteiger partial charge >= 0.3 is 0 Å². The van der Waals surface area contributed by atoms with Crippen LogP contribution in [0.4, 0.5) is 0 Å². The minimum atomic E-state index is 0.0917. The van der Waals surface area contributed by atoms with Crippen LogP contribution in [0.5, 0.6) is 0 Å². The van der Waals surface area contributed by atoms with E-state index in [1.807, 2.05) is 0 Å². The Labute approximate surface area is 107 Å². The van der Waals surface area contributed by atoms with E-state index in [9.17, 15) is 0 Å². The van der Waals surface area contributed by atoms with Gasteiger partial charge in [-0.15, -0.1) is 0 Å². The van der Waals surface area contributed by atoms with Crippen molar-refractivity contribution in [3.05, 3.63) is 0 Å². The molecule has 1 aliphatic heterocycles. The van der Waals surface area contributed by atoms with Gasteiger partial charge in [0.05, 0.1) is 11.7 Å². The van der Waals surface area contributed by atoms with Crippen molar-refractivity contribution in [3.8, 4) is 0 Å². The molecular weight excluding hydrogens is 212 g/mol. The summed E-state index contributed by atoms with van der Waals surface area (Å²) in [6, 6.07) is 0.544. The van der Waals surface area contributed by atoms with Gasteiger partial charge in [0.1, 0.15) is 0 Å². The highest BCUT2D eigenvalue weighted by Crippen LogP contribution is 2.28. The van der Waals surface area contributed by atoms with Crippen LogP contribution in [0, 0.1) is 0 Å². The van der Waals surface area contributed by atoms with Crippen LogP contribution in [0.3, 0.4) is 0 Å². The Kier molecular flexibility index (Phi) is 5.90. The van der Waals surface area contributed by atoms with Crippen LogP contribution in [0.1, 0.15) is 47.5 Å². The van der Waals surface area contributed by atoms with E-state index in [0.717, 1.165) is 26.2 Å². The fourth-order valence-corrected chi connectivity index (χ4v) is 2.49. The van der Waals surface area contributed by atoms with E-state index in [1.165, 1.54) is 12.8 Å². The first-order valence-corrected chi connectivity index (χ1v) is 7.10. The van der Waals surface area contributed by atoms with E-state index in [1.54, 1.807) is 0 Å². The molecule has 0 aromatic rings. The molecule has 3 heteroatoms. The standard InChI is InChI=1S/C14H30N2O/c1-6-16(7-2)11-12(3)15-10-13-8-9-14(4,5)17-13/h12-13,15H,6-11H2,1-5H3. The van der Waals surface area contributed by atoms with Gasteiger partial charge in [0.25, 0.3) is 0 Å². The monoisotopic (exact) mass is 242 g/mol. The number of hydrogen-bond donors (Lipinski definition) is 1.